The molecule has 13 heteroatoms. The Balaban J connectivity index is 1.44. The average Bonchev–Trinajstić information content (AvgIpc) is 3.29. The molecule has 0 aromatic carbocycles. The summed E-state index contributed by atoms with van der Waals surface area (Å²) in [6, 6.07) is 1.65. The molecule has 3 aromatic rings. The van der Waals surface area contributed by atoms with Gasteiger partial charge in [0.1, 0.15) is 17.0 Å². The minimum Gasteiger partial charge on any atom is -0.477 e. The van der Waals surface area contributed by atoms with Gasteiger partial charge in [-0.1, -0.05) is 0 Å². The number of hydrogen-bond acceptors (Lipinski definition) is 9. The summed E-state index contributed by atoms with van der Waals surface area (Å²) in [6.45, 7) is 8.21. The predicted molar refractivity (Wildman–Crippen MR) is 138 cm³/mol. The summed E-state index contributed by atoms with van der Waals surface area (Å²) >= 11 is 1.30. The van der Waals surface area contributed by atoms with E-state index in [1.807, 2.05) is 4.90 Å². The fourth-order valence-corrected chi connectivity index (χ4v) is 4.54. The number of aryl methyl sites for hydroxylation is 1. The zero-order chi connectivity index (χ0) is 26.9. The lowest BCUT2D eigenvalue weighted by Crippen LogP contribution is -2.60. The quantitative estimate of drug-likeness (QED) is 0.418. The van der Waals surface area contributed by atoms with Gasteiger partial charge in [0.2, 0.25) is 11.3 Å². The molecule has 3 N–H and O–H groups in total. The van der Waals surface area contributed by atoms with E-state index in [0.717, 1.165) is 0 Å². The molecule has 4 rings (SSSR count). The van der Waals surface area contributed by atoms with Crippen molar-refractivity contribution in [1.29, 1.82) is 0 Å². The molecule has 1 saturated heterocycles. The number of carbonyl (C=O) groups excluding carboxylic acids is 2. The zero-order valence-electron chi connectivity index (χ0n) is 20.9. The molecule has 2 amide bonds. The van der Waals surface area contributed by atoms with Gasteiger partial charge in [0, 0.05) is 43.8 Å². The number of rotatable bonds is 7. The van der Waals surface area contributed by atoms with E-state index in [0.29, 0.717) is 35.2 Å². The van der Waals surface area contributed by atoms with Gasteiger partial charge in [-0.2, -0.15) is 0 Å². The van der Waals surface area contributed by atoms with Crippen LogP contribution in [0.15, 0.2) is 28.6 Å². The van der Waals surface area contributed by atoms with Crippen LogP contribution in [0, 0.1) is 6.92 Å². The molecule has 0 radical (unpaired) electrons. The lowest BCUT2D eigenvalue weighted by molar-refractivity contribution is -0.121. The Kier molecular flexibility index (Phi) is 7.16. The first-order chi connectivity index (χ1) is 17.4. The van der Waals surface area contributed by atoms with Crippen molar-refractivity contribution < 1.29 is 24.2 Å². The summed E-state index contributed by atoms with van der Waals surface area (Å²) in [4.78, 5) is 59.4. The second-order valence-corrected chi connectivity index (χ2v) is 10.6. The molecule has 1 fully saturated rings. The molecule has 4 heterocycles. The second-order valence-electron chi connectivity index (χ2n) is 9.71. The number of anilines is 1. The minimum absolute atomic E-state index is 0.0950. The van der Waals surface area contributed by atoms with E-state index < -0.39 is 23.1 Å². The fourth-order valence-electron chi connectivity index (χ4n) is 3.92. The highest BCUT2D eigenvalue weighted by Crippen LogP contribution is 2.26. The number of nitrogens with zero attached hydrogens (tertiary/aromatic N) is 4. The summed E-state index contributed by atoms with van der Waals surface area (Å²) in [6.07, 6.45) is 2.40. The molecule has 0 atom stereocenters. The highest BCUT2D eigenvalue weighted by molar-refractivity contribution is 7.12. The molecule has 196 valence electrons. The Morgan fingerprint density at radius 1 is 1.27 bits per heavy atom. The number of fused-ring (bicyclic) bond motifs is 1. The van der Waals surface area contributed by atoms with Crippen molar-refractivity contribution in [3.8, 4) is 5.13 Å². The van der Waals surface area contributed by atoms with Gasteiger partial charge in [-0.25, -0.2) is 19.6 Å². The summed E-state index contributed by atoms with van der Waals surface area (Å²) in [7, 11) is 0. The highest BCUT2D eigenvalue weighted by atomic mass is 32.1. The Morgan fingerprint density at radius 3 is 2.62 bits per heavy atom. The van der Waals surface area contributed by atoms with Crippen LogP contribution in [0.4, 0.5) is 10.6 Å². The number of ether oxygens (including phenoxy) is 1. The summed E-state index contributed by atoms with van der Waals surface area (Å²) in [5, 5.41) is 17.5. The Labute approximate surface area is 216 Å². The van der Waals surface area contributed by atoms with Gasteiger partial charge >= 0.3 is 12.1 Å². The number of thiazole rings is 1. The normalized spacial score (nSPS) is 13.8. The Hall–Kier alpha value is -4.00. The molecule has 37 heavy (non-hydrogen) atoms. The van der Waals surface area contributed by atoms with E-state index in [9.17, 15) is 24.3 Å². The molecule has 3 aromatic heterocycles. The van der Waals surface area contributed by atoms with Crippen molar-refractivity contribution in [2.75, 3.05) is 24.5 Å². The van der Waals surface area contributed by atoms with E-state index in [4.69, 9.17) is 4.74 Å². The first-order valence-corrected chi connectivity index (χ1v) is 12.5. The number of carbonyl (C=O) groups is 3. The van der Waals surface area contributed by atoms with Crippen LogP contribution >= 0.6 is 11.3 Å². The molecule has 0 unspecified atom stereocenters. The first-order valence-electron chi connectivity index (χ1n) is 11.6. The van der Waals surface area contributed by atoms with Crippen molar-refractivity contribution in [3.63, 3.8) is 0 Å². The van der Waals surface area contributed by atoms with Gasteiger partial charge in [-0.15, -0.1) is 11.3 Å². The molecule has 0 saturated carbocycles. The van der Waals surface area contributed by atoms with Crippen LogP contribution in [-0.4, -0.2) is 68.9 Å². The molecule has 0 spiro atoms. The van der Waals surface area contributed by atoms with Crippen LogP contribution in [0.2, 0.25) is 0 Å². The maximum Gasteiger partial charge on any atom is 0.407 e. The zero-order valence-corrected chi connectivity index (χ0v) is 21.7. The van der Waals surface area contributed by atoms with E-state index in [1.165, 1.54) is 22.1 Å². The number of nitrogens with one attached hydrogen (secondary N) is 2. The SMILES string of the molecule is Cc1cc(N2CC(NC(=O)CCNC(=O)OC(C)(C)C)C2)nc2c1c(=O)c(C(=O)O)cn2-c1nccs1. The van der Waals surface area contributed by atoms with Crippen LogP contribution < -0.4 is 21.0 Å². The maximum atomic E-state index is 12.9. The van der Waals surface area contributed by atoms with Crippen molar-refractivity contribution in [2.24, 2.45) is 0 Å². The van der Waals surface area contributed by atoms with Crippen LogP contribution in [0.25, 0.3) is 16.2 Å². The maximum absolute atomic E-state index is 12.9. The topological polar surface area (TPSA) is 156 Å². The van der Waals surface area contributed by atoms with Gasteiger partial charge in [-0.05, 0) is 39.3 Å². The van der Waals surface area contributed by atoms with Crippen molar-refractivity contribution >= 4 is 46.2 Å². The average molecular weight is 529 g/mol. The third-order valence-electron chi connectivity index (χ3n) is 5.59. The minimum atomic E-state index is -1.32. The number of carboxylic acid groups (broad SMARTS) is 1. The molecule has 0 bridgehead atoms. The number of pyridine rings is 2. The van der Waals surface area contributed by atoms with Crippen molar-refractivity contribution in [2.45, 2.75) is 45.8 Å². The summed E-state index contributed by atoms with van der Waals surface area (Å²) in [5.74, 6) is -0.902. The number of aromatic carboxylic acids is 1. The standard InChI is InChI=1S/C24H28N6O6S/c1-13-9-16(29-10-14(11-29)27-17(31)5-6-26-23(35)36-24(2,3)4)28-20-18(13)19(32)15(21(33)34)12-30(20)22-25-7-8-37-22/h7-9,12,14H,5-6,10-11H2,1-4H3,(H,26,35)(H,27,31)(H,33,34). The van der Waals surface area contributed by atoms with E-state index in [1.54, 1.807) is 45.3 Å². The Morgan fingerprint density at radius 2 is 2.00 bits per heavy atom. The van der Waals surface area contributed by atoms with Crippen LogP contribution in [0.3, 0.4) is 0 Å². The van der Waals surface area contributed by atoms with E-state index in [2.05, 4.69) is 20.6 Å². The first kappa shape index (κ1) is 26.1. The Bertz CT molecular complexity index is 1410. The number of amides is 2. The second kappa shape index (κ2) is 10.2. The van der Waals surface area contributed by atoms with Crippen LogP contribution in [0.1, 0.15) is 43.1 Å². The predicted octanol–water partition coefficient (Wildman–Crippen LogP) is 2.07. The smallest absolute Gasteiger partial charge is 0.407 e. The van der Waals surface area contributed by atoms with Gasteiger partial charge in [0.25, 0.3) is 0 Å². The molecular weight excluding hydrogens is 500 g/mol. The van der Waals surface area contributed by atoms with Crippen molar-refractivity contribution in [3.05, 3.63) is 45.2 Å². The van der Waals surface area contributed by atoms with Crippen LogP contribution in [0.5, 0.6) is 0 Å². The summed E-state index contributed by atoms with van der Waals surface area (Å²) in [5.41, 5.74) is -0.641. The van der Waals surface area contributed by atoms with Gasteiger partial charge in [0.05, 0.1) is 11.4 Å². The highest BCUT2D eigenvalue weighted by Gasteiger charge is 2.30. The van der Waals surface area contributed by atoms with Gasteiger partial charge in [-0.3, -0.25) is 14.2 Å². The summed E-state index contributed by atoms with van der Waals surface area (Å²) < 4.78 is 6.67. The largest absolute Gasteiger partial charge is 0.477 e. The van der Waals surface area contributed by atoms with Crippen molar-refractivity contribution in [1.82, 2.24) is 25.2 Å². The van der Waals surface area contributed by atoms with Gasteiger partial charge < -0.3 is 25.4 Å². The number of alkyl carbamates (subject to hydrolysis) is 1. The monoisotopic (exact) mass is 528 g/mol. The molecule has 12 nitrogen and oxygen atoms in total. The third kappa shape index (κ3) is 5.88. The number of carboxylic acids is 1. The third-order valence-corrected chi connectivity index (χ3v) is 6.36. The lowest BCUT2D eigenvalue weighted by atomic mass is 10.1. The molecule has 0 aliphatic carbocycles. The lowest BCUT2D eigenvalue weighted by Gasteiger charge is -2.40. The molecule has 1 aliphatic heterocycles. The molecular formula is C24H28N6O6S. The molecule has 1 aliphatic rings. The number of aromatic nitrogens is 3. The van der Waals surface area contributed by atoms with Gasteiger partial charge in [0.15, 0.2) is 10.8 Å². The fraction of sp³-hybridized carbons (Fsp3) is 0.417. The van der Waals surface area contributed by atoms with E-state index >= 15 is 0 Å². The van der Waals surface area contributed by atoms with E-state index in [-0.39, 0.29) is 35.9 Å². The number of hydrogen-bond donors (Lipinski definition) is 3. The van der Waals surface area contributed by atoms with Crippen LogP contribution in [-0.2, 0) is 9.53 Å².